The zero-order valence-electron chi connectivity index (χ0n) is 15.3. The van der Waals surface area contributed by atoms with Crippen molar-refractivity contribution in [3.8, 4) is 5.75 Å². The maximum Gasteiger partial charge on any atom is 0.409 e. The third kappa shape index (κ3) is 5.23. The van der Waals surface area contributed by atoms with Crippen LogP contribution < -0.4 is 4.74 Å². The lowest BCUT2D eigenvalue weighted by atomic mass is 10.2. The molecule has 0 atom stereocenters. The first-order valence-corrected chi connectivity index (χ1v) is 9.14. The molecular formula is C21H26N2O3. The molecular weight excluding hydrogens is 328 g/mol. The van der Waals surface area contributed by atoms with E-state index in [4.69, 9.17) is 9.47 Å². The molecule has 1 aliphatic heterocycles. The van der Waals surface area contributed by atoms with Crippen LogP contribution in [0.3, 0.4) is 0 Å². The number of hydrogen-bond acceptors (Lipinski definition) is 4. The first kappa shape index (κ1) is 18.3. The molecule has 0 spiro atoms. The number of nitrogens with zero attached hydrogens (tertiary/aromatic N) is 2. The molecule has 0 bridgehead atoms. The second kappa shape index (κ2) is 9.25. The van der Waals surface area contributed by atoms with Crippen LogP contribution in [0.15, 0.2) is 54.6 Å². The van der Waals surface area contributed by atoms with Crippen LogP contribution in [0.5, 0.6) is 5.75 Å². The molecule has 2 aromatic rings. The number of carbonyl (C=O) groups excluding carboxylic acids is 1. The summed E-state index contributed by atoms with van der Waals surface area (Å²) >= 11 is 0. The van der Waals surface area contributed by atoms with Crippen LogP contribution in [-0.4, -0.2) is 48.7 Å². The zero-order chi connectivity index (χ0) is 18.2. The van der Waals surface area contributed by atoms with Crippen molar-refractivity contribution in [3.63, 3.8) is 0 Å². The quantitative estimate of drug-likeness (QED) is 0.796. The maximum atomic E-state index is 11.7. The summed E-state index contributed by atoms with van der Waals surface area (Å²) in [6, 6.07) is 18.4. The van der Waals surface area contributed by atoms with E-state index in [0.29, 0.717) is 13.2 Å². The van der Waals surface area contributed by atoms with Crippen molar-refractivity contribution >= 4 is 6.09 Å². The van der Waals surface area contributed by atoms with Crippen molar-refractivity contribution in [1.29, 1.82) is 0 Å². The predicted molar refractivity (Wildman–Crippen MR) is 101 cm³/mol. The van der Waals surface area contributed by atoms with E-state index < -0.39 is 0 Å². The number of rotatable bonds is 6. The highest BCUT2D eigenvalue weighted by molar-refractivity contribution is 5.67. The van der Waals surface area contributed by atoms with Crippen molar-refractivity contribution in [2.75, 3.05) is 32.8 Å². The smallest absolute Gasteiger partial charge is 0.409 e. The van der Waals surface area contributed by atoms with Gasteiger partial charge in [0, 0.05) is 32.7 Å². The van der Waals surface area contributed by atoms with Gasteiger partial charge in [-0.05, 0) is 30.2 Å². The van der Waals surface area contributed by atoms with Gasteiger partial charge in [-0.25, -0.2) is 4.79 Å². The van der Waals surface area contributed by atoms with Crippen molar-refractivity contribution in [2.24, 2.45) is 0 Å². The third-order valence-corrected chi connectivity index (χ3v) is 4.48. The molecule has 1 aliphatic rings. The average Bonchev–Trinajstić information content (AvgIpc) is 2.69. The summed E-state index contributed by atoms with van der Waals surface area (Å²) in [4.78, 5) is 15.9. The first-order chi connectivity index (χ1) is 12.7. The van der Waals surface area contributed by atoms with Crippen LogP contribution in [0.1, 0.15) is 18.1 Å². The van der Waals surface area contributed by atoms with E-state index in [2.05, 4.69) is 29.2 Å². The molecule has 0 aliphatic carbocycles. The van der Waals surface area contributed by atoms with Gasteiger partial charge >= 0.3 is 6.09 Å². The lowest BCUT2D eigenvalue weighted by molar-refractivity contribution is 0.0778. The minimum absolute atomic E-state index is 0.202. The fourth-order valence-corrected chi connectivity index (χ4v) is 2.99. The van der Waals surface area contributed by atoms with Gasteiger partial charge in [0.1, 0.15) is 12.4 Å². The van der Waals surface area contributed by atoms with Gasteiger partial charge in [0.05, 0.1) is 6.61 Å². The van der Waals surface area contributed by atoms with Crippen molar-refractivity contribution in [1.82, 2.24) is 9.80 Å². The van der Waals surface area contributed by atoms with E-state index in [1.165, 1.54) is 5.56 Å². The van der Waals surface area contributed by atoms with Crippen LogP contribution in [0.4, 0.5) is 4.79 Å². The number of ether oxygens (including phenoxy) is 2. The monoisotopic (exact) mass is 354 g/mol. The molecule has 5 nitrogen and oxygen atoms in total. The number of piperazine rings is 1. The molecule has 1 heterocycles. The van der Waals surface area contributed by atoms with Gasteiger partial charge in [-0.1, -0.05) is 42.5 Å². The molecule has 0 radical (unpaired) electrons. The number of carbonyl (C=O) groups is 1. The molecule has 0 N–H and O–H groups in total. The normalized spacial score (nSPS) is 14.9. The first-order valence-electron chi connectivity index (χ1n) is 9.14. The number of benzene rings is 2. The molecule has 0 aromatic heterocycles. The van der Waals surface area contributed by atoms with Gasteiger partial charge < -0.3 is 14.4 Å². The van der Waals surface area contributed by atoms with Gasteiger partial charge in [-0.2, -0.15) is 0 Å². The van der Waals surface area contributed by atoms with E-state index in [-0.39, 0.29) is 6.09 Å². The molecule has 0 unspecified atom stereocenters. The van der Waals surface area contributed by atoms with Crippen molar-refractivity contribution in [2.45, 2.75) is 20.1 Å². The minimum atomic E-state index is -0.202. The van der Waals surface area contributed by atoms with Gasteiger partial charge in [0.25, 0.3) is 0 Å². The molecule has 1 saturated heterocycles. The summed E-state index contributed by atoms with van der Waals surface area (Å²) < 4.78 is 10.9. The second-order valence-corrected chi connectivity index (χ2v) is 6.38. The van der Waals surface area contributed by atoms with E-state index in [9.17, 15) is 4.79 Å². The highest BCUT2D eigenvalue weighted by Gasteiger charge is 2.21. The lowest BCUT2D eigenvalue weighted by Crippen LogP contribution is -2.48. The van der Waals surface area contributed by atoms with E-state index >= 15 is 0 Å². The molecule has 5 heteroatoms. The number of amides is 1. The van der Waals surface area contributed by atoms with E-state index in [1.807, 2.05) is 37.3 Å². The largest absolute Gasteiger partial charge is 0.489 e. The molecule has 138 valence electrons. The molecule has 1 fully saturated rings. The Balaban J connectivity index is 1.44. The Kier molecular flexibility index (Phi) is 6.50. The Morgan fingerprint density at radius 2 is 1.62 bits per heavy atom. The number of hydrogen-bond donors (Lipinski definition) is 0. The van der Waals surface area contributed by atoms with Crippen LogP contribution in [0.25, 0.3) is 0 Å². The van der Waals surface area contributed by atoms with Crippen LogP contribution in [0.2, 0.25) is 0 Å². The summed E-state index contributed by atoms with van der Waals surface area (Å²) in [5.41, 5.74) is 2.41. The van der Waals surface area contributed by atoms with Crippen molar-refractivity contribution in [3.05, 3.63) is 65.7 Å². The Morgan fingerprint density at radius 3 is 2.27 bits per heavy atom. The van der Waals surface area contributed by atoms with Crippen LogP contribution in [0, 0.1) is 0 Å². The van der Waals surface area contributed by atoms with Gasteiger partial charge in [0.2, 0.25) is 0 Å². The Labute approximate surface area is 155 Å². The minimum Gasteiger partial charge on any atom is -0.489 e. The van der Waals surface area contributed by atoms with Gasteiger partial charge in [-0.15, -0.1) is 0 Å². The fourth-order valence-electron chi connectivity index (χ4n) is 2.99. The summed E-state index contributed by atoms with van der Waals surface area (Å²) in [5, 5.41) is 0. The summed E-state index contributed by atoms with van der Waals surface area (Å²) in [5.74, 6) is 0.879. The summed E-state index contributed by atoms with van der Waals surface area (Å²) in [7, 11) is 0. The fraction of sp³-hybridized carbons (Fsp3) is 0.381. The average molecular weight is 354 g/mol. The second-order valence-electron chi connectivity index (χ2n) is 6.38. The highest BCUT2D eigenvalue weighted by Crippen LogP contribution is 2.16. The Morgan fingerprint density at radius 1 is 0.923 bits per heavy atom. The maximum absolute atomic E-state index is 11.7. The van der Waals surface area contributed by atoms with Crippen LogP contribution in [-0.2, 0) is 17.9 Å². The van der Waals surface area contributed by atoms with Gasteiger partial charge in [-0.3, -0.25) is 4.90 Å². The third-order valence-electron chi connectivity index (χ3n) is 4.48. The molecule has 1 amide bonds. The van der Waals surface area contributed by atoms with Crippen molar-refractivity contribution < 1.29 is 14.3 Å². The standard InChI is InChI=1S/C21H26N2O3/c1-2-25-21(24)23-14-12-22(13-15-23)16-18-8-10-20(11-9-18)26-17-19-6-4-3-5-7-19/h3-11H,2,12-17H2,1H3. The Bertz CT molecular complexity index is 680. The zero-order valence-corrected chi connectivity index (χ0v) is 15.3. The molecule has 3 rings (SSSR count). The summed E-state index contributed by atoms with van der Waals surface area (Å²) in [6.07, 6.45) is -0.202. The Hall–Kier alpha value is -2.53. The van der Waals surface area contributed by atoms with E-state index in [1.54, 1.807) is 4.90 Å². The molecule has 26 heavy (non-hydrogen) atoms. The van der Waals surface area contributed by atoms with E-state index in [0.717, 1.165) is 44.0 Å². The topological polar surface area (TPSA) is 42.0 Å². The van der Waals surface area contributed by atoms with Gasteiger partial charge in [0.15, 0.2) is 0 Å². The molecule has 2 aromatic carbocycles. The summed E-state index contributed by atoms with van der Waals surface area (Å²) in [6.45, 7) is 6.90. The SMILES string of the molecule is CCOC(=O)N1CCN(Cc2ccc(OCc3ccccc3)cc2)CC1. The highest BCUT2D eigenvalue weighted by atomic mass is 16.6. The lowest BCUT2D eigenvalue weighted by Gasteiger charge is -2.34. The van der Waals surface area contributed by atoms with Crippen LogP contribution >= 0.6 is 0 Å². The molecule has 0 saturated carbocycles. The predicted octanol–water partition coefficient (Wildman–Crippen LogP) is 3.54.